The van der Waals surface area contributed by atoms with Gasteiger partial charge in [0, 0.05) is 24.6 Å². The van der Waals surface area contributed by atoms with Crippen molar-refractivity contribution in [2.75, 3.05) is 18.4 Å². The van der Waals surface area contributed by atoms with Crippen LogP contribution in [0.15, 0.2) is 33.6 Å². The molecule has 31 heavy (non-hydrogen) atoms. The van der Waals surface area contributed by atoms with Crippen molar-refractivity contribution in [1.29, 1.82) is 0 Å². The number of nitrogens with one attached hydrogen (secondary N) is 1. The van der Waals surface area contributed by atoms with E-state index in [1.54, 1.807) is 4.31 Å². The number of rotatable bonds is 5. The number of sulfonamides is 1. The van der Waals surface area contributed by atoms with Crippen LogP contribution in [0.5, 0.6) is 0 Å². The predicted molar refractivity (Wildman–Crippen MR) is 116 cm³/mol. The van der Waals surface area contributed by atoms with E-state index in [9.17, 15) is 13.2 Å². The number of carbonyl (C=O) groups excluding carboxylic acids is 1. The summed E-state index contributed by atoms with van der Waals surface area (Å²) in [5.41, 5.74) is 0.330. The van der Waals surface area contributed by atoms with Gasteiger partial charge in [-0.25, -0.2) is 8.42 Å². The highest BCUT2D eigenvalue weighted by Gasteiger charge is 2.31. The summed E-state index contributed by atoms with van der Waals surface area (Å²) in [6.45, 7) is 5.19. The van der Waals surface area contributed by atoms with Gasteiger partial charge in [0.1, 0.15) is 0 Å². The second-order valence-corrected chi connectivity index (χ2v) is 11.0. The fraction of sp³-hybridized carbons (Fsp3) is 0.591. The molecule has 0 bridgehead atoms. The summed E-state index contributed by atoms with van der Waals surface area (Å²) in [4.78, 5) is 12.7. The molecule has 1 aromatic heterocycles. The molecular formula is C22H30N4O4S. The molecule has 9 heteroatoms. The number of carbonyl (C=O) groups is 1. The zero-order chi connectivity index (χ0) is 22.0. The molecule has 1 aromatic carbocycles. The van der Waals surface area contributed by atoms with Crippen LogP contribution in [0, 0.1) is 11.8 Å². The first-order chi connectivity index (χ1) is 14.8. The number of aromatic nitrogens is 2. The number of amides is 1. The molecule has 2 aromatic rings. The fourth-order valence-electron chi connectivity index (χ4n) is 4.70. The molecule has 0 unspecified atom stereocenters. The van der Waals surface area contributed by atoms with Gasteiger partial charge in [0.05, 0.1) is 4.90 Å². The molecule has 2 atom stereocenters. The molecule has 2 heterocycles. The lowest BCUT2D eigenvalue weighted by Crippen LogP contribution is -2.42. The van der Waals surface area contributed by atoms with E-state index >= 15 is 0 Å². The summed E-state index contributed by atoms with van der Waals surface area (Å²) in [7, 11) is -3.58. The largest absolute Gasteiger partial charge is 0.408 e. The van der Waals surface area contributed by atoms with Crippen LogP contribution in [0.3, 0.4) is 0 Å². The Balaban J connectivity index is 1.42. The Bertz CT molecular complexity index is 1000. The van der Waals surface area contributed by atoms with Gasteiger partial charge in [0.15, 0.2) is 0 Å². The van der Waals surface area contributed by atoms with Crippen LogP contribution in [0.4, 0.5) is 6.01 Å². The van der Waals surface area contributed by atoms with E-state index < -0.39 is 15.9 Å². The van der Waals surface area contributed by atoms with Gasteiger partial charge in [-0.1, -0.05) is 38.2 Å². The molecule has 1 N–H and O–H groups in total. The normalized spacial score (nSPS) is 23.5. The molecule has 168 valence electrons. The average molecular weight is 447 g/mol. The van der Waals surface area contributed by atoms with Crippen LogP contribution in [0.2, 0.25) is 0 Å². The van der Waals surface area contributed by atoms with Crippen LogP contribution in [0.1, 0.15) is 74.5 Å². The van der Waals surface area contributed by atoms with Gasteiger partial charge >= 0.3 is 6.01 Å². The van der Waals surface area contributed by atoms with Gasteiger partial charge < -0.3 is 4.42 Å². The van der Waals surface area contributed by atoms with Crippen molar-refractivity contribution in [2.45, 2.75) is 63.2 Å². The Morgan fingerprint density at radius 2 is 1.68 bits per heavy atom. The summed E-state index contributed by atoms with van der Waals surface area (Å²) in [6.07, 6.45) is 6.62. The lowest BCUT2D eigenvalue weighted by atomic mass is 9.89. The minimum atomic E-state index is -3.58. The molecule has 2 fully saturated rings. The van der Waals surface area contributed by atoms with Gasteiger partial charge in [-0.05, 0) is 55.4 Å². The minimum Gasteiger partial charge on any atom is -0.408 e. The van der Waals surface area contributed by atoms with Crippen molar-refractivity contribution in [3.63, 3.8) is 0 Å². The number of hydrogen-bond donors (Lipinski definition) is 1. The standard InChI is InChI=1S/C22H30N4O4S/c1-15-12-16(2)14-26(13-15)31(28,29)19-10-8-17(9-11-19)20(27)23-22-25-24-21(30-22)18-6-4-3-5-7-18/h8-11,15-16,18H,3-7,12-14H2,1-2H3,(H,23,25,27)/t15-,16+. The summed E-state index contributed by atoms with van der Waals surface area (Å²) >= 11 is 0. The molecule has 1 aliphatic heterocycles. The Kier molecular flexibility index (Phi) is 6.43. The van der Waals surface area contributed by atoms with Crippen molar-refractivity contribution in [2.24, 2.45) is 11.8 Å². The zero-order valence-electron chi connectivity index (χ0n) is 18.1. The number of piperidine rings is 1. The Morgan fingerprint density at radius 1 is 1.03 bits per heavy atom. The highest BCUT2D eigenvalue weighted by atomic mass is 32.2. The number of nitrogens with zero attached hydrogens (tertiary/aromatic N) is 3. The maximum absolute atomic E-state index is 13.0. The Hall–Kier alpha value is -2.26. The smallest absolute Gasteiger partial charge is 0.322 e. The quantitative estimate of drug-likeness (QED) is 0.743. The average Bonchev–Trinajstić information content (AvgIpc) is 3.22. The SMILES string of the molecule is C[C@@H]1C[C@H](C)CN(S(=O)(=O)c2ccc(C(=O)Nc3nnc(C4CCCCC4)o3)cc2)C1. The molecule has 0 radical (unpaired) electrons. The van der Waals surface area contributed by atoms with Crippen LogP contribution in [0.25, 0.3) is 0 Å². The second kappa shape index (κ2) is 9.08. The topological polar surface area (TPSA) is 105 Å². The van der Waals surface area contributed by atoms with E-state index in [-0.39, 0.29) is 16.8 Å². The van der Waals surface area contributed by atoms with E-state index in [2.05, 4.69) is 29.4 Å². The van der Waals surface area contributed by atoms with Crippen molar-refractivity contribution in [1.82, 2.24) is 14.5 Å². The van der Waals surface area contributed by atoms with Gasteiger partial charge in [0.2, 0.25) is 15.9 Å². The Morgan fingerprint density at radius 3 is 2.32 bits per heavy atom. The molecule has 0 spiro atoms. The molecule has 1 saturated carbocycles. The van der Waals surface area contributed by atoms with Crippen molar-refractivity contribution in [3.05, 3.63) is 35.7 Å². The highest BCUT2D eigenvalue weighted by molar-refractivity contribution is 7.89. The summed E-state index contributed by atoms with van der Waals surface area (Å²) in [5.74, 6) is 1.08. The first-order valence-corrected chi connectivity index (χ1v) is 12.5. The first-order valence-electron chi connectivity index (χ1n) is 11.1. The summed E-state index contributed by atoms with van der Waals surface area (Å²) < 4.78 is 33.2. The highest BCUT2D eigenvalue weighted by Crippen LogP contribution is 2.32. The third kappa shape index (κ3) is 4.98. The lowest BCUT2D eigenvalue weighted by molar-refractivity contribution is 0.102. The van der Waals surface area contributed by atoms with E-state index in [4.69, 9.17) is 4.42 Å². The lowest BCUT2D eigenvalue weighted by Gasteiger charge is -2.34. The summed E-state index contributed by atoms with van der Waals surface area (Å²) in [5, 5.41) is 10.6. The van der Waals surface area contributed by atoms with Gasteiger partial charge in [0.25, 0.3) is 5.91 Å². The molecule has 1 amide bonds. The van der Waals surface area contributed by atoms with Gasteiger partial charge in [-0.15, -0.1) is 5.10 Å². The number of hydrogen-bond acceptors (Lipinski definition) is 6. The van der Waals surface area contributed by atoms with Gasteiger partial charge in [-0.3, -0.25) is 10.1 Å². The molecular weight excluding hydrogens is 416 g/mol. The third-order valence-electron chi connectivity index (χ3n) is 6.21. The van der Waals surface area contributed by atoms with Crippen LogP contribution in [-0.2, 0) is 10.0 Å². The first kappa shape index (κ1) is 22.0. The third-order valence-corrected chi connectivity index (χ3v) is 8.05. The maximum Gasteiger partial charge on any atom is 0.322 e. The molecule has 2 aliphatic rings. The minimum absolute atomic E-state index is 0.0681. The fourth-order valence-corrected chi connectivity index (χ4v) is 6.38. The molecule has 4 rings (SSSR count). The van der Waals surface area contributed by atoms with Crippen molar-refractivity contribution in [3.8, 4) is 0 Å². The predicted octanol–water partition coefficient (Wildman–Crippen LogP) is 4.04. The number of anilines is 1. The van der Waals surface area contributed by atoms with Crippen LogP contribution < -0.4 is 5.32 Å². The molecule has 1 aliphatic carbocycles. The van der Waals surface area contributed by atoms with Crippen LogP contribution >= 0.6 is 0 Å². The molecule has 1 saturated heterocycles. The van der Waals surface area contributed by atoms with Crippen molar-refractivity contribution >= 4 is 21.9 Å². The second-order valence-electron chi connectivity index (χ2n) is 9.03. The van der Waals surface area contributed by atoms with E-state index in [0.29, 0.717) is 36.4 Å². The van der Waals surface area contributed by atoms with E-state index in [0.717, 1.165) is 32.1 Å². The van der Waals surface area contributed by atoms with E-state index in [1.807, 2.05) is 0 Å². The summed E-state index contributed by atoms with van der Waals surface area (Å²) in [6, 6.07) is 6.05. The monoisotopic (exact) mass is 446 g/mol. The van der Waals surface area contributed by atoms with Crippen molar-refractivity contribution < 1.29 is 17.6 Å². The van der Waals surface area contributed by atoms with Gasteiger partial charge in [-0.2, -0.15) is 4.31 Å². The molecule has 8 nitrogen and oxygen atoms in total. The maximum atomic E-state index is 13.0. The van der Waals surface area contributed by atoms with Crippen LogP contribution in [-0.4, -0.2) is 41.9 Å². The Labute approximate surface area is 183 Å². The number of benzene rings is 1. The zero-order valence-corrected chi connectivity index (χ0v) is 18.9. The van der Waals surface area contributed by atoms with E-state index in [1.165, 1.54) is 30.7 Å².